The van der Waals surface area contributed by atoms with Crippen LogP contribution in [0.1, 0.15) is 49.4 Å². The average molecular weight is 504 g/mol. The number of aromatic nitrogens is 5. The van der Waals surface area contributed by atoms with Gasteiger partial charge in [-0.25, -0.2) is 9.37 Å². The van der Waals surface area contributed by atoms with Gasteiger partial charge >= 0.3 is 6.01 Å². The first kappa shape index (κ1) is 25.2. The lowest BCUT2D eigenvalue weighted by molar-refractivity contribution is 0.196. The molecular formula is C28H34FN7O. The molecule has 0 spiro atoms. The Balaban J connectivity index is 1.47. The molecule has 1 aliphatic rings. The molecule has 1 aromatic carbocycles. The van der Waals surface area contributed by atoms with Crippen LogP contribution in [0.15, 0.2) is 42.7 Å². The van der Waals surface area contributed by atoms with E-state index in [9.17, 15) is 4.39 Å². The van der Waals surface area contributed by atoms with Gasteiger partial charge in [-0.05, 0) is 50.4 Å². The lowest BCUT2D eigenvalue weighted by Crippen LogP contribution is -2.39. The Hall–Kier alpha value is -3.43. The average Bonchev–Trinajstić information content (AvgIpc) is 3.10. The van der Waals surface area contributed by atoms with Crippen LogP contribution in [0.25, 0.3) is 22.6 Å². The largest absolute Gasteiger partial charge is 0.464 e. The van der Waals surface area contributed by atoms with E-state index in [0.29, 0.717) is 60.0 Å². The third kappa shape index (κ3) is 5.62. The summed E-state index contributed by atoms with van der Waals surface area (Å²) in [7, 11) is 0. The minimum Gasteiger partial charge on any atom is -0.464 e. The van der Waals surface area contributed by atoms with Gasteiger partial charge in [-0.3, -0.25) is 9.88 Å². The van der Waals surface area contributed by atoms with Gasteiger partial charge in [0.15, 0.2) is 5.65 Å². The van der Waals surface area contributed by atoms with Crippen LogP contribution in [0, 0.1) is 12.7 Å². The second-order valence-electron chi connectivity index (χ2n) is 9.64. The monoisotopic (exact) mass is 503 g/mol. The molecule has 1 fully saturated rings. The Morgan fingerprint density at radius 1 is 1.03 bits per heavy atom. The van der Waals surface area contributed by atoms with Crippen molar-refractivity contribution in [2.75, 3.05) is 19.7 Å². The highest BCUT2D eigenvalue weighted by atomic mass is 19.1. The zero-order valence-corrected chi connectivity index (χ0v) is 21.5. The third-order valence-corrected chi connectivity index (χ3v) is 7.01. The molecule has 1 unspecified atom stereocenters. The van der Waals surface area contributed by atoms with Crippen LogP contribution in [0.2, 0.25) is 0 Å². The molecule has 0 aliphatic carbocycles. The second-order valence-corrected chi connectivity index (χ2v) is 9.64. The maximum absolute atomic E-state index is 14.1. The number of hydrogen-bond donors (Lipinski definition) is 1. The fourth-order valence-corrected chi connectivity index (χ4v) is 5.09. The lowest BCUT2D eigenvalue weighted by atomic mass is 10.1. The van der Waals surface area contributed by atoms with E-state index < -0.39 is 5.82 Å². The summed E-state index contributed by atoms with van der Waals surface area (Å²) in [5.74, 6) is 0.176. The molecule has 194 valence electrons. The number of nitrogens with zero attached hydrogens (tertiary/aromatic N) is 6. The van der Waals surface area contributed by atoms with Gasteiger partial charge in [-0.15, -0.1) is 0 Å². The Bertz CT molecular complexity index is 1350. The van der Waals surface area contributed by atoms with Gasteiger partial charge in [-0.1, -0.05) is 37.1 Å². The van der Waals surface area contributed by atoms with Crippen LogP contribution in [0.3, 0.4) is 0 Å². The predicted molar refractivity (Wildman–Crippen MR) is 142 cm³/mol. The summed E-state index contributed by atoms with van der Waals surface area (Å²) in [5.41, 5.74) is 11.0. The topological polar surface area (TPSA) is 95.0 Å². The number of ether oxygens (including phenoxy) is 1. The van der Waals surface area contributed by atoms with Crippen LogP contribution >= 0.6 is 0 Å². The molecule has 0 bridgehead atoms. The van der Waals surface area contributed by atoms with E-state index in [1.54, 1.807) is 6.20 Å². The summed E-state index contributed by atoms with van der Waals surface area (Å²) in [6.07, 6.45) is 7.74. The first-order valence-electron chi connectivity index (χ1n) is 13.1. The molecule has 4 aromatic rings. The first-order valence-corrected chi connectivity index (χ1v) is 13.1. The van der Waals surface area contributed by atoms with Crippen molar-refractivity contribution in [2.45, 2.75) is 58.7 Å². The first-order chi connectivity index (χ1) is 18.1. The summed E-state index contributed by atoms with van der Waals surface area (Å²) in [6.45, 7) is 7.45. The fraction of sp³-hybridized carbons (Fsp3) is 0.429. The molecule has 1 saturated heterocycles. The number of nitrogens with two attached hydrogens (primary N) is 1. The standard InChI is InChI=1S/C28H34FN7O/c1-3-37-28-32-19(2)25-27(34-28)36(26(33-25)22-13-23(29)16-31-15-22)18-21-10-8-20(9-11-21)17-35-12-6-4-5-7-24(35)14-30/h8-11,13,15-16,24H,3-7,12,14,17-18,30H2,1-2H3. The third-order valence-electron chi connectivity index (χ3n) is 7.01. The van der Waals surface area contributed by atoms with E-state index in [2.05, 4.69) is 44.1 Å². The van der Waals surface area contributed by atoms with Gasteiger partial charge in [-0.2, -0.15) is 9.97 Å². The van der Waals surface area contributed by atoms with Crippen molar-refractivity contribution < 1.29 is 9.13 Å². The SMILES string of the molecule is CCOc1nc(C)c2nc(-c3cncc(F)c3)n(Cc3ccc(CN4CCCCCC4CN)cc3)c2n1. The van der Waals surface area contributed by atoms with Crippen molar-refractivity contribution in [1.82, 2.24) is 29.4 Å². The van der Waals surface area contributed by atoms with Crippen molar-refractivity contribution in [3.63, 3.8) is 0 Å². The number of pyridine rings is 1. The van der Waals surface area contributed by atoms with E-state index in [4.69, 9.17) is 15.5 Å². The highest BCUT2D eigenvalue weighted by Crippen LogP contribution is 2.28. The molecule has 1 atom stereocenters. The Labute approximate surface area is 216 Å². The van der Waals surface area contributed by atoms with E-state index in [1.165, 1.54) is 43.5 Å². The summed E-state index contributed by atoms with van der Waals surface area (Å²) < 4.78 is 21.6. The lowest BCUT2D eigenvalue weighted by Gasteiger charge is -2.29. The molecule has 8 nitrogen and oxygen atoms in total. The number of rotatable bonds is 8. The number of fused-ring (bicyclic) bond motifs is 1. The van der Waals surface area contributed by atoms with Crippen molar-refractivity contribution in [1.29, 1.82) is 0 Å². The van der Waals surface area contributed by atoms with E-state index >= 15 is 0 Å². The highest BCUT2D eigenvalue weighted by Gasteiger charge is 2.21. The van der Waals surface area contributed by atoms with Crippen LogP contribution < -0.4 is 10.5 Å². The quantitative estimate of drug-likeness (QED) is 0.379. The number of likely N-dealkylation sites (tertiary alicyclic amines) is 1. The van der Waals surface area contributed by atoms with E-state index in [1.807, 2.05) is 18.4 Å². The molecule has 37 heavy (non-hydrogen) atoms. The van der Waals surface area contributed by atoms with Gasteiger partial charge in [0.2, 0.25) is 0 Å². The molecule has 0 amide bonds. The van der Waals surface area contributed by atoms with E-state index in [0.717, 1.165) is 18.7 Å². The van der Waals surface area contributed by atoms with Crippen LogP contribution in [0.5, 0.6) is 6.01 Å². The molecule has 4 heterocycles. The highest BCUT2D eigenvalue weighted by molar-refractivity contribution is 5.79. The zero-order valence-electron chi connectivity index (χ0n) is 21.5. The zero-order chi connectivity index (χ0) is 25.8. The summed E-state index contributed by atoms with van der Waals surface area (Å²) >= 11 is 0. The normalized spacial score (nSPS) is 16.7. The summed E-state index contributed by atoms with van der Waals surface area (Å²) in [6, 6.07) is 10.8. The maximum Gasteiger partial charge on any atom is 0.318 e. The van der Waals surface area contributed by atoms with Gasteiger partial charge in [0.05, 0.1) is 25.0 Å². The van der Waals surface area contributed by atoms with Gasteiger partial charge in [0.1, 0.15) is 17.2 Å². The van der Waals surface area contributed by atoms with Crippen molar-refractivity contribution in [3.8, 4) is 17.4 Å². The van der Waals surface area contributed by atoms with Crippen molar-refractivity contribution in [2.24, 2.45) is 5.73 Å². The molecule has 5 rings (SSSR count). The molecule has 2 N–H and O–H groups in total. The Morgan fingerprint density at radius 2 is 1.81 bits per heavy atom. The van der Waals surface area contributed by atoms with Gasteiger partial charge in [0.25, 0.3) is 0 Å². The minimum absolute atomic E-state index is 0.305. The number of halogens is 1. The molecular weight excluding hydrogens is 469 g/mol. The predicted octanol–water partition coefficient (Wildman–Crippen LogP) is 4.49. The Kier molecular flexibility index (Phi) is 7.71. The number of imidazole rings is 1. The molecule has 0 saturated carbocycles. The van der Waals surface area contributed by atoms with Crippen LogP contribution in [-0.2, 0) is 13.1 Å². The van der Waals surface area contributed by atoms with Gasteiger partial charge in [0, 0.05) is 30.9 Å². The van der Waals surface area contributed by atoms with Crippen molar-refractivity contribution in [3.05, 3.63) is 65.4 Å². The smallest absolute Gasteiger partial charge is 0.318 e. The Morgan fingerprint density at radius 3 is 2.54 bits per heavy atom. The molecule has 0 radical (unpaired) electrons. The van der Waals surface area contributed by atoms with E-state index in [-0.39, 0.29) is 0 Å². The number of aryl methyl sites for hydroxylation is 1. The number of hydrogen-bond acceptors (Lipinski definition) is 7. The molecule has 1 aliphatic heterocycles. The van der Waals surface area contributed by atoms with Crippen molar-refractivity contribution >= 4 is 11.2 Å². The fourth-order valence-electron chi connectivity index (χ4n) is 5.09. The summed E-state index contributed by atoms with van der Waals surface area (Å²) in [5, 5.41) is 0. The molecule has 9 heteroatoms. The molecule has 3 aromatic heterocycles. The van der Waals surface area contributed by atoms with Crippen LogP contribution in [0.4, 0.5) is 4.39 Å². The summed E-state index contributed by atoms with van der Waals surface area (Å²) in [4.78, 5) is 20.4. The second kappa shape index (κ2) is 11.3. The maximum atomic E-state index is 14.1. The van der Waals surface area contributed by atoms with Gasteiger partial charge < -0.3 is 15.0 Å². The van der Waals surface area contributed by atoms with Crippen LogP contribution in [-0.4, -0.2) is 55.1 Å². The minimum atomic E-state index is -0.414. The number of benzene rings is 1.